The number of aromatic nitrogens is 5. The largest absolute Gasteiger partial charge is 0.508 e. The number of aryl methyl sites for hydroxylation is 2. The molecule has 3 aromatic heterocycles. The maximum atomic E-state index is 14.2. The average molecular weight is 839 g/mol. The van der Waals surface area contributed by atoms with Crippen LogP contribution in [0.2, 0.25) is 0 Å². The van der Waals surface area contributed by atoms with Crippen molar-refractivity contribution in [3.05, 3.63) is 110 Å². The minimum atomic E-state index is -1.85. The molecule has 6 aromatic rings. The maximum absolute atomic E-state index is 14.2. The fourth-order valence-corrected chi connectivity index (χ4v) is 9.30. The van der Waals surface area contributed by atoms with Gasteiger partial charge in [-0.25, -0.2) is 9.78 Å². The standard InChI is InChI=1S/C47H46N6O9/c1-6-30-32-18-29(54)12-13-37(32)48-41-34(30)22-52-38(41)20-36-35(44(52)58)23-61-46(60)47(36,7-2)62-45(59)27-14-16-51(17-15-27)43(57)26-8-10-28(11-9-26)53-25(5)49-50-42(53)33-19-31(24(3)4)39(55)21-40(33)56/h8-13,18-21,24,27,54-56H,6-7,14-17,22-23H2,1-5H3. The highest BCUT2D eigenvalue weighted by molar-refractivity contribution is 5.95. The first-order chi connectivity index (χ1) is 29.7. The van der Waals surface area contributed by atoms with Crippen LogP contribution < -0.4 is 5.56 Å². The molecule has 1 amide bonds. The molecule has 6 heterocycles. The molecule has 0 aliphatic carbocycles. The van der Waals surface area contributed by atoms with Gasteiger partial charge in [0.1, 0.15) is 29.7 Å². The molecule has 1 fully saturated rings. The molecule has 3 aliphatic rings. The lowest BCUT2D eigenvalue weighted by atomic mass is 9.85. The smallest absolute Gasteiger partial charge is 0.355 e. The highest BCUT2D eigenvalue weighted by atomic mass is 16.6. The number of hydrogen-bond acceptors (Lipinski definition) is 12. The van der Waals surface area contributed by atoms with Crippen molar-refractivity contribution in [3.8, 4) is 45.7 Å². The van der Waals surface area contributed by atoms with E-state index in [4.69, 9.17) is 14.5 Å². The molecule has 15 heteroatoms. The molecule has 1 unspecified atom stereocenters. The third-order valence-electron chi connectivity index (χ3n) is 12.7. The van der Waals surface area contributed by atoms with Crippen molar-refractivity contribution in [3.63, 3.8) is 0 Å². The van der Waals surface area contributed by atoms with Crippen LogP contribution in [0.15, 0.2) is 65.5 Å². The summed E-state index contributed by atoms with van der Waals surface area (Å²) in [5, 5.41) is 40.7. The summed E-state index contributed by atoms with van der Waals surface area (Å²) < 4.78 is 15.2. The van der Waals surface area contributed by atoms with Crippen LogP contribution >= 0.6 is 0 Å². The number of rotatable bonds is 8. The molecule has 0 spiro atoms. The predicted molar refractivity (Wildman–Crippen MR) is 227 cm³/mol. The molecule has 9 rings (SSSR count). The molecule has 1 atom stereocenters. The number of fused-ring (bicyclic) bond motifs is 5. The molecule has 3 aliphatic heterocycles. The van der Waals surface area contributed by atoms with Gasteiger partial charge < -0.3 is 34.3 Å². The number of ether oxygens (including phenoxy) is 2. The second kappa shape index (κ2) is 15.2. The molecular formula is C47H46N6O9. The van der Waals surface area contributed by atoms with E-state index in [2.05, 4.69) is 10.2 Å². The Bertz CT molecular complexity index is 2910. The zero-order valence-electron chi connectivity index (χ0n) is 35.1. The number of pyridine rings is 2. The summed E-state index contributed by atoms with van der Waals surface area (Å²) in [4.78, 5) is 62.2. The molecular weight excluding hydrogens is 793 g/mol. The summed E-state index contributed by atoms with van der Waals surface area (Å²) in [7, 11) is 0. The van der Waals surface area contributed by atoms with Gasteiger partial charge in [0.25, 0.3) is 11.5 Å². The SMILES string of the molecule is CCc1c2c(nc3ccc(O)cc13)-c1cc3c(c(=O)n1C2)COC(=O)C3(CC)OC(=O)C1CCN(C(=O)c2ccc(-n3c(C)nnc3-c3cc(C(C)C)c(O)cc3O)cc2)CC1. The van der Waals surface area contributed by atoms with Crippen molar-refractivity contribution in [2.45, 2.75) is 85.0 Å². The Kier molecular flexibility index (Phi) is 9.87. The average Bonchev–Trinajstić information content (AvgIpc) is 3.83. The molecule has 62 heavy (non-hydrogen) atoms. The number of carbonyl (C=O) groups is 3. The number of phenols is 3. The van der Waals surface area contributed by atoms with Crippen LogP contribution in [0.25, 0.3) is 39.4 Å². The van der Waals surface area contributed by atoms with Gasteiger partial charge in [0.2, 0.25) is 5.60 Å². The molecule has 15 nitrogen and oxygen atoms in total. The summed E-state index contributed by atoms with van der Waals surface area (Å²) in [6.45, 7) is 9.95. The number of likely N-dealkylation sites (tertiary alicyclic amines) is 1. The number of cyclic esters (lactones) is 1. The number of phenolic OH excluding ortho intramolecular Hbond substituents is 3. The lowest BCUT2D eigenvalue weighted by Gasteiger charge is -2.38. The van der Waals surface area contributed by atoms with Gasteiger partial charge in [0.05, 0.1) is 40.5 Å². The predicted octanol–water partition coefficient (Wildman–Crippen LogP) is 6.54. The maximum Gasteiger partial charge on any atom is 0.355 e. The van der Waals surface area contributed by atoms with E-state index in [-0.39, 0.29) is 72.9 Å². The van der Waals surface area contributed by atoms with Crippen LogP contribution in [0, 0.1) is 12.8 Å². The summed E-state index contributed by atoms with van der Waals surface area (Å²) in [6.07, 6.45) is 1.27. The van der Waals surface area contributed by atoms with E-state index in [0.29, 0.717) is 75.8 Å². The molecule has 318 valence electrons. The Morgan fingerprint density at radius 3 is 2.37 bits per heavy atom. The van der Waals surface area contributed by atoms with Gasteiger partial charge in [-0.3, -0.25) is 19.0 Å². The van der Waals surface area contributed by atoms with Crippen LogP contribution in [-0.4, -0.2) is 75.5 Å². The Morgan fingerprint density at radius 2 is 1.68 bits per heavy atom. The van der Waals surface area contributed by atoms with Crippen molar-refractivity contribution < 1.29 is 39.2 Å². The topological polar surface area (TPSA) is 199 Å². The fourth-order valence-electron chi connectivity index (χ4n) is 9.30. The molecule has 3 aromatic carbocycles. The second-order valence-corrected chi connectivity index (χ2v) is 16.6. The zero-order chi connectivity index (χ0) is 43.8. The second-order valence-electron chi connectivity index (χ2n) is 16.6. The quantitative estimate of drug-likeness (QED) is 0.140. The van der Waals surface area contributed by atoms with Gasteiger partial charge in [-0.05, 0) is 104 Å². The molecule has 0 radical (unpaired) electrons. The van der Waals surface area contributed by atoms with E-state index in [9.17, 15) is 34.5 Å². The number of carbonyl (C=O) groups excluding carboxylic acids is 3. The normalized spacial score (nSPS) is 17.2. The monoisotopic (exact) mass is 838 g/mol. The summed E-state index contributed by atoms with van der Waals surface area (Å²) >= 11 is 0. The minimum absolute atomic E-state index is 0.00515. The highest BCUT2D eigenvalue weighted by Gasteiger charge is 2.51. The van der Waals surface area contributed by atoms with Gasteiger partial charge in [-0.15, -0.1) is 10.2 Å². The molecule has 0 saturated carbocycles. The van der Waals surface area contributed by atoms with Crippen molar-refractivity contribution >= 4 is 28.7 Å². The van der Waals surface area contributed by atoms with Crippen LogP contribution in [0.3, 0.4) is 0 Å². The van der Waals surface area contributed by atoms with Gasteiger partial charge in [0.15, 0.2) is 5.82 Å². The van der Waals surface area contributed by atoms with E-state index >= 15 is 0 Å². The van der Waals surface area contributed by atoms with Crippen molar-refractivity contribution in [2.24, 2.45) is 5.92 Å². The van der Waals surface area contributed by atoms with Gasteiger partial charge in [-0.2, -0.15) is 0 Å². The first-order valence-corrected chi connectivity index (χ1v) is 20.9. The Hall–Kier alpha value is -7.03. The summed E-state index contributed by atoms with van der Waals surface area (Å²) in [6, 6.07) is 16.7. The summed E-state index contributed by atoms with van der Waals surface area (Å²) in [5.74, 6) is -1.27. The third-order valence-corrected chi connectivity index (χ3v) is 12.7. The van der Waals surface area contributed by atoms with E-state index in [1.54, 1.807) is 82.5 Å². The third kappa shape index (κ3) is 6.36. The number of nitrogens with zero attached hydrogens (tertiary/aromatic N) is 6. The Balaban J connectivity index is 0.925. The van der Waals surface area contributed by atoms with Crippen LogP contribution in [0.4, 0.5) is 0 Å². The number of amides is 1. The number of benzene rings is 3. The lowest BCUT2D eigenvalue weighted by molar-refractivity contribution is -0.192. The van der Waals surface area contributed by atoms with Crippen molar-refractivity contribution in [2.75, 3.05) is 13.1 Å². The highest BCUT2D eigenvalue weighted by Crippen LogP contribution is 2.43. The van der Waals surface area contributed by atoms with Gasteiger partial charge in [0, 0.05) is 46.9 Å². The van der Waals surface area contributed by atoms with E-state index in [1.165, 1.54) is 6.07 Å². The fraction of sp³-hybridized carbons (Fsp3) is 0.340. The van der Waals surface area contributed by atoms with E-state index in [0.717, 1.165) is 16.5 Å². The van der Waals surface area contributed by atoms with E-state index in [1.807, 2.05) is 20.8 Å². The molecule has 3 N–H and O–H groups in total. The first kappa shape index (κ1) is 40.4. The van der Waals surface area contributed by atoms with Gasteiger partial charge >= 0.3 is 11.9 Å². The zero-order valence-corrected chi connectivity index (χ0v) is 35.1. The Labute approximate surface area is 356 Å². The van der Waals surface area contributed by atoms with Crippen LogP contribution in [0.5, 0.6) is 17.2 Å². The Morgan fingerprint density at radius 1 is 0.935 bits per heavy atom. The lowest BCUT2D eigenvalue weighted by Crippen LogP contribution is -2.49. The summed E-state index contributed by atoms with van der Waals surface area (Å²) in [5.41, 5.74) is 4.13. The van der Waals surface area contributed by atoms with Crippen LogP contribution in [-0.2, 0) is 44.2 Å². The van der Waals surface area contributed by atoms with Crippen molar-refractivity contribution in [1.82, 2.24) is 29.2 Å². The first-order valence-electron chi connectivity index (χ1n) is 20.9. The molecule has 0 bridgehead atoms. The minimum Gasteiger partial charge on any atom is -0.508 e. The number of hydrogen-bond donors (Lipinski definition) is 3. The van der Waals surface area contributed by atoms with Crippen LogP contribution in [0.1, 0.15) is 96.9 Å². The number of aromatic hydroxyl groups is 3. The van der Waals surface area contributed by atoms with Gasteiger partial charge in [-0.1, -0.05) is 27.7 Å². The number of piperidine rings is 1. The van der Waals surface area contributed by atoms with E-state index < -0.39 is 23.5 Å². The molecule has 1 saturated heterocycles. The van der Waals surface area contributed by atoms with Crippen molar-refractivity contribution in [1.29, 1.82) is 0 Å². The number of esters is 2.